The molecule has 2 atom stereocenters. The second-order valence-corrected chi connectivity index (χ2v) is 14.1. The molecule has 11 heteroatoms. The molecule has 0 aromatic carbocycles. The summed E-state index contributed by atoms with van der Waals surface area (Å²) in [6.07, 6.45) is 0.358. The number of alkyl halides is 2. The molecule has 9 nitrogen and oxygen atoms in total. The van der Waals surface area contributed by atoms with Gasteiger partial charge in [0.05, 0.1) is 6.10 Å². The number of aromatic nitrogens is 2. The highest BCUT2D eigenvalue weighted by molar-refractivity contribution is 5.86. The monoisotopic (exact) mass is 568 g/mol. The maximum atomic E-state index is 13.8. The van der Waals surface area contributed by atoms with Gasteiger partial charge in [-0.25, -0.2) is 13.6 Å². The summed E-state index contributed by atoms with van der Waals surface area (Å²) in [5.74, 6) is -1.83. The first-order valence-corrected chi connectivity index (χ1v) is 14.6. The molecule has 4 rings (SSSR count). The zero-order valence-electron chi connectivity index (χ0n) is 25.0. The Morgan fingerprint density at radius 1 is 1.10 bits per heavy atom. The third kappa shape index (κ3) is 6.29. The van der Waals surface area contributed by atoms with Crippen LogP contribution >= 0.6 is 0 Å². The molecular formula is C29H46F2N4O5. The van der Waals surface area contributed by atoms with Gasteiger partial charge in [0.25, 0.3) is 0 Å². The number of piperidine rings is 2. The molecule has 1 aromatic rings. The number of likely N-dealkylation sites (tertiary alicyclic amines) is 2. The molecule has 3 fully saturated rings. The number of carbonyl (C=O) groups is 2. The first-order valence-electron chi connectivity index (χ1n) is 14.6. The summed E-state index contributed by atoms with van der Waals surface area (Å²) in [6.45, 7) is 14.4. The normalized spacial score (nSPS) is 27.1. The number of amides is 2. The Kier molecular flexibility index (Phi) is 8.30. The van der Waals surface area contributed by atoms with Crippen molar-refractivity contribution in [2.45, 2.75) is 128 Å². The van der Waals surface area contributed by atoms with E-state index in [9.17, 15) is 23.5 Å². The Bertz CT molecular complexity index is 1060. The molecular weight excluding hydrogens is 522 g/mol. The van der Waals surface area contributed by atoms with Crippen molar-refractivity contribution in [2.75, 3.05) is 19.6 Å². The number of aliphatic hydroxyl groups is 1. The van der Waals surface area contributed by atoms with E-state index in [1.165, 1.54) is 4.90 Å². The van der Waals surface area contributed by atoms with Gasteiger partial charge < -0.3 is 19.3 Å². The Morgan fingerprint density at radius 2 is 1.70 bits per heavy atom. The molecule has 2 saturated heterocycles. The van der Waals surface area contributed by atoms with Crippen LogP contribution in [0.1, 0.15) is 111 Å². The number of carbonyl (C=O) groups excluding carboxylic acids is 2. The lowest BCUT2D eigenvalue weighted by atomic mass is 9.69. The molecule has 3 heterocycles. The van der Waals surface area contributed by atoms with Crippen LogP contribution in [0, 0.1) is 11.3 Å². The Morgan fingerprint density at radius 3 is 2.25 bits per heavy atom. The number of hydrogen-bond acceptors (Lipinski definition) is 7. The average Bonchev–Trinajstić information content (AvgIpc) is 3.34. The van der Waals surface area contributed by atoms with Crippen LogP contribution in [0.2, 0.25) is 0 Å². The first kappa shape index (κ1) is 30.7. The van der Waals surface area contributed by atoms with Gasteiger partial charge in [-0.2, -0.15) is 4.98 Å². The molecule has 0 spiro atoms. The zero-order valence-corrected chi connectivity index (χ0v) is 25.0. The van der Waals surface area contributed by atoms with E-state index in [0.29, 0.717) is 50.5 Å². The van der Waals surface area contributed by atoms with Gasteiger partial charge in [-0.3, -0.25) is 9.69 Å². The highest BCUT2D eigenvalue weighted by Crippen LogP contribution is 2.44. The van der Waals surface area contributed by atoms with Crippen molar-refractivity contribution in [3.8, 4) is 0 Å². The molecule has 1 N–H and O–H groups in total. The van der Waals surface area contributed by atoms with Gasteiger partial charge in [0.1, 0.15) is 11.6 Å². The van der Waals surface area contributed by atoms with Gasteiger partial charge >= 0.3 is 6.09 Å². The van der Waals surface area contributed by atoms with E-state index in [1.54, 1.807) is 25.7 Å². The lowest BCUT2D eigenvalue weighted by molar-refractivity contribution is -0.146. The van der Waals surface area contributed by atoms with Crippen LogP contribution in [-0.4, -0.2) is 80.4 Å². The van der Waals surface area contributed by atoms with Crippen molar-refractivity contribution in [3.63, 3.8) is 0 Å². The number of rotatable bonds is 4. The van der Waals surface area contributed by atoms with Gasteiger partial charge in [-0.15, -0.1) is 0 Å². The second-order valence-electron chi connectivity index (χ2n) is 14.1. The van der Waals surface area contributed by atoms with E-state index in [1.807, 2.05) is 13.8 Å². The third-order valence-corrected chi connectivity index (χ3v) is 9.24. The van der Waals surface area contributed by atoms with Crippen LogP contribution < -0.4 is 0 Å². The average molecular weight is 569 g/mol. The Labute approximate surface area is 236 Å². The first-order chi connectivity index (χ1) is 18.4. The van der Waals surface area contributed by atoms with Gasteiger partial charge in [-0.05, 0) is 52.4 Å². The van der Waals surface area contributed by atoms with Gasteiger partial charge in [-0.1, -0.05) is 32.9 Å². The quantitative estimate of drug-likeness (QED) is 0.527. The van der Waals surface area contributed by atoms with Gasteiger partial charge in [0.15, 0.2) is 5.82 Å². The molecule has 40 heavy (non-hydrogen) atoms. The highest BCUT2D eigenvalue weighted by atomic mass is 19.3. The van der Waals surface area contributed by atoms with Crippen LogP contribution in [0.3, 0.4) is 0 Å². The molecule has 1 saturated carbocycles. The summed E-state index contributed by atoms with van der Waals surface area (Å²) in [7, 11) is 0. The minimum atomic E-state index is -2.62. The van der Waals surface area contributed by atoms with Crippen LogP contribution in [0.15, 0.2) is 4.52 Å². The number of aliphatic hydroxyl groups excluding tert-OH is 1. The standard InChI is InChI=1S/C29H46F2N4O5/c1-18(2)28(24-32-22(40-33-24)19-8-10-29(30,31)11-9-19)12-14-34(15-13-28)23(37)20-16-21(36)27(6,7)17-35(20)25(38)39-26(3,4)5/h18-21,36H,8-17H2,1-7H3/t20-,21+/m0/s1. The van der Waals surface area contributed by atoms with E-state index in [0.717, 1.165) is 0 Å². The van der Waals surface area contributed by atoms with Crippen LogP contribution in [0.4, 0.5) is 13.6 Å². The number of halogens is 2. The van der Waals surface area contributed by atoms with Crippen LogP contribution in [0.25, 0.3) is 0 Å². The highest BCUT2D eigenvalue weighted by Gasteiger charge is 2.49. The van der Waals surface area contributed by atoms with Crippen molar-refractivity contribution >= 4 is 12.0 Å². The van der Waals surface area contributed by atoms with E-state index in [-0.39, 0.29) is 43.6 Å². The minimum absolute atomic E-state index is 0.144. The molecule has 1 aromatic heterocycles. The van der Waals surface area contributed by atoms with Gasteiger partial charge in [0, 0.05) is 55.6 Å². The van der Waals surface area contributed by atoms with E-state index < -0.39 is 40.6 Å². The molecule has 2 amide bonds. The SMILES string of the molecule is CC(C)C1(c2noc(C3CCC(F)(F)CC3)n2)CCN(C(=O)[C@@H]2C[C@@H](O)C(C)(C)CN2C(=O)OC(C)(C)C)CC1. The molecule has 226 valence electrons. The number of hydrogen-bond donors (Lipinski definition) is 1. The van der Waals surface area contributed by atoms with Crippen molar-refractivity contribution in [2.24, 2.45) is 11.3 Å². The minimum Gasteiger partial charge on any atom is -0.444 e. The van der Waals surface area contributed by atoms with Crippen molar-refractivity contribution in [1.82, 2.24) is 19.9 Å². The van der Waals surface area contributed by atoms with E-state index >= 15 is 0 Å². The molecule has 0 unspecified atom stereocenters. The summed E-state index contributed by atoms with van der Waals surface area (Å²) < 4.78 is 38.5. The second kappa shape index (κ2) is 10.8. The fourth-order valence-corrected chi connectivity index (χ4v) is 6.35. The largest absolute Gasteiger partial charge is 0.444 e. The molecule has 3 aliphatic rings. The zero-order chi connectivity index (χ0) is 29.7. The van der Waals surface area contributed by atoms with Crippen LogP contribution in [-0.2, 0) is 14.9 Å². The summed E-state index contributed by atoms with van der Waals surface area (Å²) in [6, 6.07) is -0.814. The van der Waals surface area contributed by atoms with Gasteiger partial charge in [0.2, 0.25) is 17.7 Å². The number of ether oxygens (including phenoxy) is 1. The number of nitrogens with zero attached hydrogens (tertiary/aromatic N) is 4. The summed E-state index contributed by atoms with van der Waals surface area (Å²) >= 11 is 0. The van der Waals surface area contributed by atoms with Crippen molar-refractivity contribution in [3.05, 3.63) is 11.7 Å². The molecule has 1 aliphatic carbocycles. The molecule has 0 bridgehead atoms. The van der Waals surface area contributed by atoms with E-state index in [4.69, 9.17) is 14.2 Å². The fourth-order valence-electron chi connectivity index (χ4n) is 6.35. The summed E-state index contributed by atoms with van der Waals surface area (Å²) in [5.41, 5.74) is -1.71. The van der Waals surface area contributed by atoms with Crippen LogP contribution in [0.5, 0.6) is 0 Å². The van der Waals surface area contributed by atoms with E-state index in [2.05, 4.69) is 19.0 Å². The lowest BCUT2D eigenvalue weighted by Crippen LogP contribution is -2.62. The lowest BCUT2D eigenvalue weighted by Gasteiger charge is -2.48. The summed E-state index contributed by atoms with van der Waals surface area (Å²) in [5, 5.41) is 15.1. The summed E-state index contributed by atoms with van der Waals surface area (Å²) in [4.78, 5) is 34.9. The van der Waals surface area contributed by atoms with Crippen molar-refractivity contribution < 1.29 is 32.7 Å². The predicted molar refractivity (Wildman–Crippen MR) is 144 cm³/mol. The predicted octanol–water partition coefficient (Wildman–Crippen LogP) is 5.28. The third-order valence-electron chi connectivity index (χ3n) is 9.24. The Balaban J connectivity index is 1.48. The Hall–Kier alpha value is -2.30. The maximum absolute atomic E-state index is 13.8. The molecule has 0 radical (unpaired) electrons. The maximum Gasteiger partial charge on any atom is 0.410 e. The fraction of sp³-hybridized carbons (Fsp3) is 0.862. The molecule has 2 aliphatic heterocycles. The van der Waals surface area contributed by atoms with Crippen molar-refractivity contribution in [1.29, 1.82) is 0 Å². The smallest absolute Gasteiger partial charge is 0.410 e. The topological polar surface area (TPSA) is 109 Å².